The van der Waals surface area contributed by atoms with Crippen molar-refractivity contribution in [3.63, 3.8) is 0 Å². The lowest BCUT2D eigenvalue weighted by Crippen LogP contribution is -2.41. The van der Waals surface area contributed by atoms with Crippen LogP contribution >= 0.6 is 23.1 Å². The second-order valence-corrected chi connectivity index (χ2v) is 8.02. The van der Waals surface area contributed by atoms with Crippen molar-refractivity contribution in [2.75, 3.05) is 11.1 Å². The van der Waals surface area contributed by atoms with E-state index in [0.29, 0.717) is 21.9 Å². The Balaban J connectivity index is 1.41. The van der Waals surface area contributed by atoms with Crippen LogP contribution in [0.5, 0.6) is 0 Å². The molecule has 0 bridgehead atoms. The highest BCUT2D eigenvalue weighted by molar-refractivity contribution is 8.00. The largest absolute Gasteiger partial charge is 0.324 e. The van der Waals surface area contributed by atoms with E-state index in [1.165, 1.54) is 33.5 Å². The normalized spacial score (nSPS) is 15.1. The Morgan fingerprint density at radius 3 is 2.76 bits per heavy atom. The number of rotatable bonds is 2. The number of carbonyl (C=O) groups excluding carboxylic acids is 3. The average molecular weight is 373 g/mol. The van der Waals surface area contributed by atoms with Crippen molar-refractivity contribution in [2.45, 2.75) is 24.2 Å². The Morgan fingerprint density at radius 2 is 1.92 bits per heavy atom. The lowest BCUT2D eigenvalue weighted by Gasteiger charge is -2.17. The minimum absolute atomic E-state index is 0.0888. The zero-order chi connectivity index (χ0) is 17.4. The molecule has 1 aromatic heterocycles. The van der Waals surface area contributed by atoms with Crippen LogP contribution < -0.4 is 16.2 Å². The van der Waals surface area contributed by atoms with Crippen molar-refractivity contribution < 1.29 is 14.4 Å². The van der Waals surface area contributed by atoms with Gasteiger partial charge in [-0.25, -0.2) is 0 Å². The molecule has 0 saturated heterocycles. The summed E-state index contributed by atoms with van der Waals surface area (Å²) in [5.74, 6) is -0.451. The topological polar surface area (TPSA) is 87.3 Å². The van der Waals surface area contributed by atoms with Crippen molar-refractivity contribution in [1.29, 1.82) is 0 Å². The van der Waals surface area contributed by atoms with E-state index >= 15 is 0 Å². The summed E-state index contributed by atoms with van der Waals surface area (Å²) >= 11 is 2.91. The second-order valence-electron chi connectivity index (χ2n) is 5.87. The van der Waals surface area contributed by atoms with E-state index in [1.807, 2.05) is 6.07 Å². The zero-order valence-electron chi connectivity index (χ0n) is 13.2. The lowest BCUT2D eigenvalue weighted by molar-refractivity contribution is -0.113. The van der Waals surface area contributed by atoms with Gasteiger partial charge >= 0.3 is 0 Å². The van der Waals surface area contributed by atoms with Gasteiger partial charge in [0.1, 0.15) is 0 Å². The third-order valence-electron chi connectivity index (χ3n) is 4.13. The molecule has 0 fully saturated rings. The Morgan fingerprint density at radius 1 is 1.08 bits per heavy atom. The molecular formula is C17H15N3O3S2. The van der Waals surface area contributed by atoms with E-state index in [4.69, 9.17) is 0 Å². The van der Waals surface area contributed by atoms with Gasteiger partial charge in [-0.3, -0.25) is 25.2 Å². The first-order valence-electron chi connectivity index (χ1n) is 7.89. The van der Waals surface area contributed by atoms with Gasteiger partial charge in [0, 0.05) is 15.3 Å². The highest BCUT2D eigenvalue weighted by atomic mass is 32.2. The summed E-state index contributed by atoms with van der Waals surface area (Å²) in [6, 6.07) is 6.98. The van der Waals surface area contributed by atoms with Gasteiger partial charge in [-0.05, 0) is 49.1 Å². The molecule has 8 heteroatoms. The maximum Gasteiger partial charge on any atom is 0.279 e. The van der Waals surface area contributed by atoms with Gasteiger partial charge < -0.3 is 5.32 Å². The molecule has 0 saturated carbocycles. The van der Waals surface area contributed by atoms with Gasteiger partial charge in [0.15, 0.2) is 0 Å². The Bertz CT molecular complexity index is 870. The summed E-state index contributed by atoms with van der Waals surface area (Å²) in [5, 5.41) is 2.74. The van der Waals surface area contributed by atoms with Gasteiger partial charge in [-0.15, -0.1) is 23.1 Å². The number of amides is 3. The van der Waals surface area contributed by atoms with Crippen LogP contribution in [-0.2, 0) is 17.6 Å². The fourth-order valence-electron chi connectivity index (χ4n) is 2.91. The first kappa shape index (κ1) is 16.2. The van der Waals surface area contributed by atoms with Crippen LogP contribution in [0.2, 0.25) is 0 Å². The zero-order valence-corrected chi connectivity index (χ0v) is 14.8. The number of hydrogen-bond acceptors (Lipinski definition) is 5. The molecule has 1 aliphatic carbocycles. The third-order valence-corrected chi connectivity index (χ3v) is 6.44. The number of hydrazine groups is 1. The smallest absolute Gasteiger partial charge is 0.279 e. The van der Waals surface area contributed by atoms with E-state index < -0.39 is 5.91 Å². The van der Waals surface area contributed by atoms with Crippen molar-refractivity contribution in [2.24, 2.45) is 0 Å². The summed E-state index contributed by atoms with van der Waals surface area (Å²) in [4.78, 5) is 38.7. The molecular weight excluding hydrogens is 358 g/mol. The van der Waals surface area contributed by atoms with E-state index in [1.54, 1.807) is 18.2 Å². The average Bonchev–Trinajstić information content (AvgIpc) is 3.20. The number of hydrogen-bond donors (Lipinski definition) is 3. The summed E-state index contributed by atoms with van der Waals surface area (Å²) in [5.41, 5.74) is 7.11. The van der Waals surface area contributed by atoms with Crippen LogP contribution in [0.4, 0.5) is 5.69 Å². The van der Waals surface area contributed by atoms with Crippen molar-refractivity contribution >= 4 is 46.5 Å². The highest BCUT2D eigenvalue weighted by Gasteiger charge is 2.20. The van der Waals surface area contributed by atoms with Crippen LogP contribution in [0, 0.1) is 0 Å². The molecule has 128 valence electrons. The molecule has 3 N–H and O–H groups in total. The van der Waals surface area contributed by atoms with Gasteiger partial charge in [0.2, 0.25) is 5.91 Å². The molecule has 0 spiro atoms. The molecule has 1 aromatic carbocycles. The summed E-state index contributed by atoms with van der Waals surface area (Å²) in [6.07, 6.45) is 3.19. The summed E-state index contributed by atoms with van der Waals surface area (Å²) in [7, 11) is 0. The van der Waals surface area contributed by atoms with Crippen LogP contribution in [-0.4, -0.2) is 23.5 Å². The standard InChI is InChI=1S/C17H15N3O3S2/c21-15-8-24-13-5-4-10(6-11(13)18-15)16(22)19-20-17(23)14-7-9-2-1-3-12(9)25-14/h4-7H,1-3,8H2,(H,18,21)(H,19,22)(H,20,23). The van der Waals surface area contributed by atoms with Crippen molar-refractivity contribution in [3.8, 4) is 0 Å². The quantitative estimate of drug-likeness (QED) is 0.705. The molecule has 2 aromatic rings. The molecule has 25 heavy (non-hydrogen) atoms. The molecule has 0 unspecified atom stereocenters. The number of carbonyl (C=O) groups is 3. The predicted molar refractivity (Wildman–Crippen MR) is 97.1 cm³/mol. The fraction of sp³-hybridized carbons (Fsp3) is 0.235. The number of nitrogens with one attached hydrogen (secondary N) is 3. The summed E-state index contributed by atoms with van der Waals surface area (Å²) in [6.45, 7) is 0. The molecule has 1 aliphatic heterocycles. The molecule has 6 nitrogen and oxygen atoms in total. The molecule has 2 heterocycles. The number of thioether (sulfide) groups is 1. The Labute approximate surface area is 152 Å². The maximum absolute atomic E-state index is 12.2. The number of benzene rings is 1. The van der Waals surface area contributed by atoms with E-state index in [2.05, 4.69) is 16.2 Å². The van der Waals surface area contributed by atoms with Gasteiger partial charge in [0.25, 0.3) is 11.8 Å². The first-order chi connectivity index (χ1) is 12.1. The van der Waals surface area contributed by atoms with Crippen LogP contribution in [0.3, 0.4) is 0 Å². The lowest BCUT2D eigenvalue weighted by atomic mass is 10.2. The maximum atomic E-state index is 12.2. The minimum atomic E-state index is -0.426. The number of aryl methyl sites for hydroxylation is 2. The van der Waals surface area contributed by atoms with Gasteiger partial charge in [-0.1, -0.05) is 0 Å². The third kappa shape index (κ3) is 3.27. The summed E-state index contributed by atoms with van der Waals surface area (Å²) < 4.78 is 0. The van der Waals surface area contributed by atoms with Gasteiger partial charge in [0.05, 0.1) is 16.3 Å². The van der Waals surface area contributed by atoms with E-state index in [-0.39, 0.29) is 11.8 Å². The monoisotopic (exact) mass is 373 g/mol. The van der Waals surface area contributed by atoms with Crippen molar-refractivity contribution in [1.82, 2.24) is 10.9 Å². The van der Waals surface area contributed by atoms with E-state index in [0.717, 1.165) is 24.2 Å². The molecule has 3 amide bonds. The minimum Gasteiger partial charge on any atom is -0.324 e. The van der Waals surface area contributed by atoms with Gasteiger partial charge in [-0.2, -0.15) is 0 Å². The highest BCUT2D eigenvalue weighted by Crippen LogP contribution is 2.32. The van der Waals surface area contributed by atoms with Crippen LogP contribution in [0.1, 0.15) is 36.9 Å². The molecule has 0 atom stereocenters. The van der Waals surface area contributed by atoms with E-state index in [9.17, 15) is 14.4 Å². The molecule has 0 radical (unpaired) electrons. The van der Waals surface area contributed by atoms with Crippen LogP contribution in [0.25, 0.3) is 0 Å². The number of thiophene rings is 1. The Hall–Kier alpha value is -2.32. The first-order valence-corrected chi connectivity index (χ1v) is 9.69. The predicted octanol–water partition coefficient (Wildman–Crippen LogP) is 2.36. The van der Waals surface area contributed by atoms with Crippen molar-refractivity contribution in [3.05, 3.63) is 45.1 Å². The number of fused-ring (bicyclic) bond motifs is 2. The molecule has 4 rings (SSSR count). The Kier molecular flexibility index (Phi) is 4.22. The van der Waals surface area contributed by atoms with Crippen LogP contribution in [0.15, 0.2) is 29.2 Å². The fourth-order valence-corrected chi connectivity index (χ4v) is 4.85. The molecule has 2 aliphatic rings. The number of anilines is 1. The SMILES string of the molecule is O=C1CSc2ccc(C(=O)NNC(=O)c3cc4c(s3)CCC4)cc2N1. The second kappa shape index (κ2) is 6.53.